The third kappa shape index (κ3) is 1.01. The number of hydrogen-bond donors (Lipinski definition) is 0. The summed E-state index contributed by atoms with van der Waals surface area (Å²) in [5, 5.41) is 0. The Morgan fingerprint density at radius 3 is 2.23 bits per heavy atom. The fourth-order valence-electron chi connectivity index (χ4n) is 4.36. The molecule has 0 aromatic rings. The largest absolute Gasteiger partial charge is 0.303 e. The molecule has 4 fully saturated rings. The normalized spacial score (nSPS) is 58.2. The number of alkyl halides is 1. The summed E-state index contributed by atoms with van der Waals surface area (Å²) in [5.74, 6) is 1.02. The van der Waals surface area contributed by atoms with Gasteiger partial charge in [0.05, 0.1) is 0 Å². The minimum atomic E-state index is -0.967. The maximum absolute atomic E-state index is 14.2. The second kappa shape index (κ2) is 2.15. The molecule has 0 heterocycles. The third-order valence-corrected chi connectivity index (χ3v) is 4.28. The topological polar surface area (TPSA) is 17.1 Å². The van der Waals surface area contributed by atoms with E-state index in [0.29, 0.717) is 18.3 Å². The fraction of sp³-hybridized carbons (Fsp3) is 0.909. The molecule has 13 heavy (non-hydrogen) atoms. The highest BCUT2D eigenvalue weighted by Gasteiger charge is 2.58. The van der Waals surface area contributed by atoms with E-state index in [1.165, 1.54) is 6.42 Å². The number of hydrogen-bond acceptors (Lipinski definition) is 1. The zero-order valence-electron chi connectivity index (χ0n) is 7.76. The lowest BCUT2D eigenvalue weighted by atomic mass is 9.49. The Kier molecular flexibility index (Phi) is 1.32. The van der Waals surface area contributed by atoms with Crippen LogP contribution in [0.25, 0.3) is 0 Å². The van der Waals surface area contributed by atoms with E-state index in [0.717, 1.165) is 32.0 Å². The van der Waals surface area contributed by atoms with Crippen LogP contribution in [0.1, 0.15) is 38.5 Å². The molecule has 0 saturated heterocycles. The highest BCUT2D eigenvalue weighted by Crippen LogP contribution is 2.62. The van der Waals surface area contributed by atoms with E-state index in [1.54, 1.807) is 0 Å². The number of aldehydes is 1. The molecule has 2 heteroatoms. The third-order valence-electron chi connectivity index (χ3n) is 4.28. The molecule has 0 aliphatic heterocycles. The van der Waals surface area contributed by atoms with Crippen LogP contribution in [0.2, 0.25) is 0 Å². The minimum Gasteiger partial charge on any atom is -0.303 e. The van der Waals surface area contributed by atoms with Crippen molar-refractivity contribution in [1.29, 1.82) is 0 Å². The summed E-state index contributed by atoms with van der Waals surface area (Å²) in [6.45, 7) is 0. The molecule has 4 saturated carbocycles. The lowest BCUT2D eigenvalue weighted by Crippen LogP contribution is -2.54. The van der Waals surface area contributed by atoms with E-state index in [2.05, 4.69) is 0 Å². The maximum Gasteiger partial charge on any atom is 0.126 e. The second-order valence-electron chi connectivity index (χ2n) is 5.59. The first-order chi connectivity index (χ1) is 6.13. The SMILES string of the molecule is O=CC12C[C@@H]3C[C@@H](CC(F)(C3)C1)C2. The van der Waals surface area contributed by atoms with Crippen molar-refractivity contribution in [3.05, 3.63) is 0 Å². The lowest BCUT2D eigenvalue weighted by Gasteiger charge is -2.57. The Morgan fingerprint density at radius 2 is 1.77 bits per heavy atom. The molecule has 0 radical (unpaired) electrons. The summed E-state index contributed by atoms with van der Waals surface area (Å²) in [7, 11) is 0. The predicted octanol–water partition coefficient (Wildman–Crippen LogP) is 2.49. The second-order valence-corrected chi connectivity index (χ2v) is 5.59. The summed E-state index contributed by atoms with van der Waals surface area (Å²) in [4.78, 5) is 11.0. The lowest BCUT2D eigenvalue weighted by molar-refractivity contribution is -0.146. The monoisotopic (exact) mass is 182 g/mol. The van der Waals surface area contributed by atoms with Gasteiger partial charge in [0, 0.05) is 5.41 Å². The molecule has 0 aromatic heterocycles. The summed E-state index contributed by atoms with van der Waals surface area (Å²) in [6, 6.07) is 0. The van der Waals surface area contributed by atoms with Crippen molar-refractivity contribution in [2.45, 2.75) is 44.2 Å². The molecule has 0 amide bonds. The van der Waals surface area contributed by atoms with Gasteiger partial charge < -0.3 is 4.79 Å². The molecule has 4 atom stereocenters. The Morgan fingerprint density at radius 1 is 1.15 bits per heavy atom. The van der Waals surface area contributed by atoms with Gasteiger partial charge in [0.25, 0.3) is 0 Å². The molecule has 0 spiro atoms. The Labute approximate surface area is 77.7 Å². The van der Waals surface area contributed by atoms with Gasteiger partial charge in [-0.15, -0.1) is 0 Å². The van der Waals surface area contributed by atoms with Gasteiger partial charge in [-0.1, -0.05) is 0 Å². The molecule has 4 aliphatic carbocycles. The number of carbonyl (C=O) groups is 1. The van der Waals surface area contributed by atoms with Crippen molar-refractivity contribution in [2.24, 2.45) is 17.3 Å². The number of carbonyl (C=O) groups excluding carboxylic acids is 1. The van der Waals surface area contributed by atoms with Crippen molar-refractivity contribution >= 4 is 6.29 Å². The van der Waals surface area contributed by atoms with Crippen LogP contribution >= 0.6 is 0 Å². The van der Waals surface area contributed by atoms with E-state index < -0.39 is 5.67 Å². The molecule has 0 N–H and O–H groups in total. The Balaban J connectivity index is 2.00. The van der Waals surface area contributed by atoms with E-state index in [1.807, 2.05) is 0 Å². The van der Waals surface area contributed by atoms with Crippen molar-refractivity contribution in [2.75, 3.05) is 0 Å². The molecule has 0 aromatic carbocycles. The highest BCUT2D eigenvalue weighted by atomic mass is 19.1. The van der Waals surface area contributed by atoms with Crippen LogP contribution in [0.4, 0.5) is 4.39 Å². The van der Waals surface area contributed by atoms with Crippen molar-refractivity contribution in [1.82, 2.24) is 0 Å². The van der Waals surface area contributed by atoms with Gasteiger partial charge in [-0.25, -0.2) is 4.39 Å². The van der Waals surface area contributed by atoms with Gasteiger partial charge in [-0.2, -0.15) is 0 Å². The van der Waals surface area contributed by atoms with E-state index >= 15 is 0 Å². The fourth-order valence-corrected chi connectivity index (χ4v) is 4.36. The zero-order chi connectivity index (χ0) is 9.10. The average Bonchev–Trinajstić information content (AvgIpc) is 1.99. The molecule has 4 rings (SSSR count). The quantitative estimate of drug-likeness (QED) is 0.569. The van der Waals surface area contributed by atoms with E-state index in [9.17, 15) is 9.18 Å². The molecule has 2 unspecified atom stereocenters. The number of rotatable bonds is 1. The van der Waals surface area contributed by atoms with Crippen LogP contribution in [0, 0.1) is 17.3 Å². The van der Waals surface area contributed by atoms with Gasteiger partial charge in [-0.3, -0.25) is 0 Å². The summed E-state index contributed by atoms with van der Waals surface area (Å²) in [6.07, 6.45) is 6.17. The molecular formula is C11H15FO. The van der Waals surface area contributed by atoms with Crippen LogP contribution in [-0.4, -0.2) is 12.0 Å². The first kappa shape index (κ1) is 7.95. The number of halogens is 1. The summed E-state index contributed by atoms with van der Waals surface area (Å²) < 4.78 is 14.2. The first-order valence-corrected chi connectivity index (χ1v) is 5.28. The standard InChI is InChI=1S/C11H15FO/c12-11-4-8-1-9(5-11)3-10(2-8,6-11)7-13/h7-9H,1-6H2/t8-,9+,10?,11?. The van der Waals surface area contributed by atoms with E-state index in [-0.39, 0.29) is 5.41 Å². The van der Waals surface area contributed by atoms with Crippen molar-refractivity contribution in [3.63, 3.8) is 0 Å². The van der Waals surface area contributed by atoms with Gasteiger partial charge in [-0.05, 0) is 50.4 Å². The molecule has 1 nitrogen and oxygen atoms in total. The predicted molar refractivity (Wildman–Crippen MR) is 47.0 cm³/mol. The van der Waals surface area contributed by atoms with Crippen molar-refractivity contribution in [3.8, 4) is 0 Å². The van der Waals surface area contributed by atoms with Crippen LogP contribution in [0.15, 0.2) is 0 Å². The van der Waals surface area contributed by atoms with Crippen LogP contribution in [0.3, 0.4) is 0 Å². The van der Waals surface area contributed by atoms with Gasteiger partial charge in [0.2, 0.25) is 0 Å². The first-order valence-electron chi connectivity index (χ1n) is 5.28. The van der Waals surface area contributed by atoms with Gasteiger partial charge >= 0.3 is 0 Å². The molecule has 4 bridgehead atoms. The average molecular weight is 182 g/mol. The molecule has 72 valence electrons. The van der Waals surface area contributed by atoms with E-state index in [4.69, 9.17) is 0 Å². The summed E-state index contributed by atoms with van der Waals surface area (Å²) in [5.41, 5.74) is -1.22. The smallest absolute Gasteiger partial charge is 0.126 e. The molecular weight excluding hydrogens is 167 g/mol. The minimum absolute atomic E-state index is 0.251. The van der Waals surface area contributed by atoms with Crippen LogP contribution < -0.4 is 0 Å². The van der Waals surface area contributed by atoms with Crippen molar-refractivity contribution < 1.29 is 9.18 Å². The Bertz CT molecular complexity index is 247. The maximum atomic E-state index is 14.2. The Hall–Kier alpha value is -0.400. The zero-order valence-corrected chi connectivity index (χ0v) is 7.76. The van der Waals surface area contributed by atoms with Gasteiger partial charge in [0.15, 0.2) is 0 Å². The van der Waals surface area contributed by atoms with Gasteiger partial charge in [0.1, 0.15) is 12.0 Å². The molecule has 4 aliphatic rings. The van der Waals surface area contributed by atoms with Crippen LogP contribution in [-0.2, 0) is 4.79 Å². The van der Waals surface area contributed by atoms with Crippen LogP contribution in [0.5, 0.6) is 0 Å². The summed E-state index contributed by atoms with van der Waals surface area (Å²) >= 11 is 0. The highest BCUT2D eigenvalue weighted by molar-refractivity contribution is 5.61.